The molecular formula is C50H72O8. The topological polar surface area (TPSA) is 126 Å². The van der Waals surface area contributed by atoms with Crippen molar-refractivity contribution in [2.75, 3.05) is 6.61 Å². The molecule has 1 aliphatic heterocycles. The Balaban J connectivity index is 2.61. The van der Waals surface area contributed by atoms with Gasteiger partial charge >= 0.3 is 5.97 Å². The zero-order chi connectivity index (χ0) is 43.7. The summed E-state index contributed by atoms with van der Waals surface area (Å²) in [4.78, 5) is 11.8. The summed E-state index contributed by atoms with van der Waals surface area (Å²) in [7, 11) is 0. The number of hydrogen-bond acceptors (Lipinski definition) is 8. The molecule has 8 heteroatoms. The number of esters is 1. The highest BCUT2D eigenvalue weighted by Crippen LogP contribution is 2.28. The average molecular weight is 801 g/mol. The lowest BCUT2D eigenvalue weighted by atomic mass is 9.98. The van der Waals surface area contributed by atoms with E-state index in [-0.39, 0.29) is 13.0 Å². The molecular weight excluding hydrogens is 729 g/mol. The Bertz CT molecular complexity index is 1680. The maximum atomic E-state index is 11.8. The Morgan fingerprint density at radius 1 is 0.586 bits per heavy atom. The number of carbonyl (C=O) groups is 1. The molecule has 1 heterocycles. The van der Waals surface area contributed by atoms with Crippen molar-refractivity contribution in [3.05, 3.63) is 155 Å². The van der Waals surface area contributed by atoms with Gasteiger partial charge in [-0.05, 0) is 88.5 Å². The van der Waals surface area contributed by atoms with Crippen LogP contribution in [0.2, 0.25) is 0 Å². The number of carbonyl (C=O) groups excluding carboxylic acids is 1. The summed E-state index contributed by atoms with van der Waals surface area (Å²) in [5.74, 6) is -0.423. The molecule has 8 nitrogen and oxygen atoms in total. The largest absolute Gasteiger partial charge is 0.463 e. The van der Waals surface area contributed by atoms with Gasteiger partial charge in [0.15, 0.2) is 6.29 Å². The van der Waals surface area contributed by atoms with Crippen LogP contribution in [0.1, 0.15) is 102 Å². The quantitative estimate of drug-likeness (QED) is 0.0630. The lowest BCUT2D eigenvalue weighted by molar-refractivity contribution is -0.323. The predicted molar refractivity (Wildman–Crippen MR) is 240 cm³/mol. The van der Waals surface area contributed by atoms with Crippen LogP contribution in [0.25, 0.3) is 0 Å². The van der Waals surface area contributed by atoms with Gasteiger partial charge < -0.3 is 34.6 Å². The highest BCUT2D eigenvalue weighted by molar-refractivity contribution is 5.69. The Kier molecular flexibility index (Phi) is 24.6. The van der Waals surface area contributed by atoms with Gasteiger partial charge in [-0.1, -0.05) is 162 Å². The molecule has 4 N–H and O–H groups in total. The third-order valence-electron chi connectivity index (χ3n) is 8.66. The molecule has 1 aliphatic rings. The molecule has 1 fully saturated rings. The molecule has 0 spiro atoms. The molecule has 0 aliphatic carbocycles. The van der Waals surface area contributed by atoms with E-state index >= 15 is 0 Å². The molecule has 1 rings (SSSR count). The molecule has 5 atom stereocenters. The smallest absolute Gasteiger partial charge is 0.305 e. The predicted octanol–water partition coefficient (Wildman–Crippen LogP) is 10.1. The van der Waals surface area contributed by atoms with Gasteiger partial charge in [0.1, 0.15) is 31.0 Å². The van der Waals surface area contributed by atoms with Gasteiger partial charge in [-0.3, -0.25) is 4.79 Å². The van der Waals surface area contributed by atoms with Crippen LogP contribution in [0.15, 0.2) is 155 Å². The molecule has 58 heavy (non-hydrogen) atoms. The Hall–Kier alpha value is -4.15. The first-order chi connectivity index (χ1) is 27.2. The second-order valence-electron chi connectivity index (χ2n) is 16.1. The molecule has 0 aromatic heterocycles. The van der Waals surface area contributed by atoms with E-state index in [4.69, 9.17) is 14.2 Å². The second kappa shape index (κ2) is 27.5. The van der Waals surface area contributed by atoms with Crippen LogP contribution >= 0.6 is 0 Å². The monoisotopic (exact) mass is 801 g/mol. The minimum atomic E-state index is -1.51. The Morgan fingerprint density at radius 2 is 0.983 bits per heavy atom. The second-order valence-corrected chi connectivity index (χ2v) is 16.1. The van der Waals surface area contributed by atoms with Crippen LogP contribution in [0.5, 0.6) is 0 Å². The van der Waals surface area contributed by atoms with E-state index in [2.05, 4.69) is 75.5 Å². The molecule has 5 unspecified atom stereocenters. The third-order valence-corrected chi connectivity index (χ3v) is 8.66. The van der Waals surface area contributed by atoms with Crippen LogP contribution in [0, 0.1) is 0 Å². The fourth-order valence-corrected chi connectivity index (χ4v) is 5.18. The lowest BCUT2D eigenvalue weighted by Crippen LogP contribution is -2.60. The highest BCUT2D eigenvalue weighted by Gasteiger charge is 2.46. The van der Waals surface area contributed by atoms with Crippen molar-refractivity contribution in [2.24, 2.45) is 0 Å². The summed E-state index contributed by atoms with van der Waals surface area (Å²) in [6.07, 6.45) is 36.1. The zero-order valence-corrected chi connectivity index (χ0v) is 36.9. The summed E-state index contributed by atoms with van der Waals surface area (Å²) in [5.41, 5.74) is 5.25. The van der Waals surface area contributed by atoms with E-state index in [1.807, 2.05) is 108 Å². The van der Waals surface area contributed by atoms with Gasteiger partial charge in [0.25, 0.3) is 0 Å². The maximum absolute atomic E-state index is 11.8. The van der Waals surface area contributed by atoms with Gasteiger partial charge in [-0.25, -0.2) is 0 Å². The van der Waals surface area contributed by atoms with Crippen LogP contribution in [0.4, 0.5) is 0 Å². The van der Waals surface area contributed by atoms with E-state index in [0.717, 1.165) is 33.4 Å². The van der Waals surface area contributed by atoms with Crippen molar-refractivity contribution in [1.82, 2.24) is 0 Å². The van der Waals surface area contributed by atoms with Crippen LogP contribution in [0.3, 0.4) is 0 Å². The molecule has 0 aromatic rings. The standard InChI is InChI=1S/C50H72O8/c1-12-21-44(51)56-36-43-45(52)46(53)47(54)48(57-43)58-50(10,11)35-20-33-42(7)31-18-29-40(5)27-16-25-38(3)23-14-13-22-37(2)24-15-26-39(4)28-17-30-41(6)32-19-34-49(8,9)55/h13-20,22-33,43,45-48,52-55H,12,21,34-36H2,1-11H3. The minimum Gasteiger partial charge on any atom is -0.463 e. The van der Waals surface area contributed by atoms with Crippen LogP contribution < -0.4 is 0 Å². The first-order valence-corrected chi connectivity index (χ1v) is 20.2. The van der Waals surface area contributed by atoms with Gasteiger partial charge in [0, 0.05) is 6.42 Å². The number of hydrogen-bond donors (Lipinski definition) is 4. The minimum absolute atomic E-state index is 0.240. The van der Waals surface area contributed by atoms with Crippen molar-refractivity contribution >= 4 is 5.97 Å². The fourth-order valence-electron chi connectivity index (χ4n) is 5.18. The summed E-state index contributed by atoms with van der Waals surface area (Å²) >= 11 is 0. The summed E-state index contributed by atoms with van der Waals surface area (Å²) in [6, 6.07) is 0. The van der Waals surface area contributed by atoms with Gasteiger partial charge in [-0.15, -0.1) is 0 Å². The fraction of sp³-hybridized carbons (Fsp3) is 0.460. The van der Waals surface area contributed by atoms with Gasteiger partial charge in [-0.2, -0.15) is 0 Å². The van der Waals surface area contributed by atoms with Gasteiger partial charge in [0.2, 0.25) is 0 Å². The Labute approximate surface area is 349 Å². The Morgan fingerprint density at radius 3 is 1.40 bits per heavy atom. The summed E-state index contributed by atoms with van der Waals surface area (Å²) < 4.78 is 16.9. The van der Waals surface area contributed by atoms with Crippen molar-refractivity contribution in [2.45, 2.75) is 144 Å². The third kappa shape index (κ3) is 24.6. The number of aliphatic hydroxyl groups excluding tert-OH is 3. The maximum Gasteiger partial charge on any atom is 0.305 e. The SMILES string of the molecule is CCCC(=O)OCC1OC(OC(C)(C)CC=CC(C)=CC=CC(C)=CC=CC(C)=CC=CC=C(C)C=CC=C(C)C=CC=C(C)C=CCC(C)(C)O)C(O)C(O)C1O. The first kappa shape index (κ1) is 51.9. The van der Waals surface area contributed by atoms with Crippen LogP contribution in [-0.4, -0.2) is 74.9 Å². The lowest BCUT2D eigenvalue weighted by Gasteiger charge is -2.42. The van der Waals surface area contributed by atoms with E-state index < -0.39 is 47.9 Å². The molecule has 0 bridgehead atoms. The van der Waals surface area contributed by atoms with Gasteiger partial charge in [0.05, 0.1) is 11.2 Å². The number of rotatable bonds is 22. The van der Waals surface area contributed by atoms with Crippen molar-refractivity contribution in [1.29, 1.82) is 0 Å². The molecule has 0 amide bonds. The summed E-state index contributed by atoms with van der Waals surface area (Å²) in [5, 5.41) is 41.0. The molecule has 0 radical (unpaired) electrons. The molecule has 320 valence electrons. The number of allylic oxidation sites excluding steroid dienone is 24. The average Bonchev–Trinajstić information content (AvgIpc) is 3.12. The van der Waals surface area contributed by atoms with Crippen LogP contribution in [-0.2, 0) is 19.0 Å². The summed E-state index contributed by atoms with van der Waals surface area (Å²) in [6.45, 7) is 21.2. The normalized spacial score (nSPS) is 23.1. The van der Waals surface area contributed by atoms with E-state index in [1.165, 1.54) is 0 Å². The molecule has 0 saturated carbocycles. The highest BCUT2D eigenvalue weighted by atomic mass is 16.7. The number of ether oxygens (including phenoxy) is 3. The van der Waals surface area contributed by atoms with E-state index in [0.29, 0.717) is 19.3 Å². The van der Waals surface area contributed by atoms with Crippen molar-refractivity contribution in [3.63, 3.8) is 0 Å². The van der Waals surface area contributed by atoms with E-state index in [9.17, 15) is 25.2 Å². The zero-order valence-electron chi connectivity index (χ0n) is 36.9. The number of aliphatic hydroxyl groups is 4. The first-order valence-electron chi connectivity index (χ1n) is 20.2. The van der Waals surface area contributed by atoms with E-state index in [1.54, 1.807) is 13.8 Å². The van der Waals surface area contributed by atoms with Crippen molar-refractivity contribution in [3.8, 4) is 0 Å². The molecule has 1 saturated heterocycles. The molecule has 0 aromatic carbocycles. The van der Waals surface area contributed by atoms with Crippen molar-refractivity contribution < 1.29 is 39.4 Å².